The van der Waals surface area contributed by atoms with Crippen molar-refractivity contribution >= 4 is 16.8 Å². The first-order valence-electron chi connectivity index (χ1n) is 10.4. The predicted octanol–water partition coefficient (Wildman–Crippen LogP) is 4.97. The third kappa shape index (κ3) is 3.86. The number of hydrogen-bond acceptors (Lipinski definition) is 4. The molecule has 6 heteroatoms. The Kier molecular flexibility index (Phi) is 5.17. The first-order chi connectivity index (χ1) is 15.7. The molecule has 0 aliphatic rings. The number of carbonyl (C=O) groups is 1. The van der Waals surface area contributed by atoms with Gasteiger partial charge >= 0.3 is 0 Å². The molecule has 3 aromatic carbocycles. The zero-order valence-electron chi connectivity index (χ0n) is 17.5. The lowest BCUT2D eigenvalue weighted by Crippen LogP contribution is -2.27. The summed E-state index contributed by atoms with van der Waals surface area (Å²) in [7, 11) is 0. The van der Waals surface area contributed by atoms with E-state index in [0.29, 0.717) is 5.56 Å². The van der Waals surface area contributed by atoms with E-state index in [4.69, 9.17) is 4.98 Å². The lowest BCUT2D eigenvalue weighted by atomic mass is 10.0. The summed E-state index contributed by atoms with van der Waals surface area (Å²) in [5.41, 5.74) is 5.08. The summed E-state index contributed by atoms with van der Waals surface area (Å²) in [6.07, 6.45) is 3.15. The van der Waals surface area contributed by atoms with Gasteiger partial charge in [-0.25, -0.2) is 14.6 Å². The van der Waals surface area contributed by atoms with Gasteiger partial charge in [-0.1, -0.05) is 60.7 Å². The molecule has 156 valence electrons. The Hall–Kier alpha value is -4.32. The van der Waals surface area contributed by atoms with Crippen LogP contribution in [0.3, 0.4) is 0 Å². The standard InChI is InChI=1S/C26H21N5O/c1-18(19-11-13-21(14-12-19)31-17-27-16-28-31)29-26(32)23-15-25(20-7-3-2-4-8-20)30-24-10-6-5-9-22(23)24/h2-18H,1H3,(H,29,32). The predicted molar refractivity (Wildman–Crippen MR) is 124 cm³/mol. The van der Waals surface area contributed by atoms with Crippen LogP contribution < -0.4 is 5.32 Å². The minimum absolute atomic E-state index is 0.131. The van der Waals surface area contributed by atoms with Gasteiger partial charge in [0, 0.05) is 10.9 Å². The van der Waals surface area contributed by atoms with Crippen LogP contribution in [0.1, 0.15) is 28.9 Å². The number of pyridine rings is 1. The van der Waals surface area contributed by atoms with Gasteiger partial charge in [0.2, 0.25) is 0 Å². The summed E-state index contributed by atoms with van der Waals surface area (Å²) in [6, 6.07) is 27.2. The Balaban J connectivity index is 1.44. The highest BCUT2D eigenvalue weighted by Gasteiger charge is 2.16. The molecule has 1 amide bonds. The molecule has 0 saturated carbocycles. The van der Waals surface area contributed by atoms with Crippen LogP contribution in [0.2, 0.25) is 0 Å². The molecule has 2 heterocycles. The number of nitrogens with one attached hydrogen (secondary N) is 1. The van der Waals surface area contributed by atoms with E-state index in [-0.39, 0.29) is 11.9 Å². The maximum atomic E-state index is 13.3. The van der Waals surface area contributed by atoms with Crippen molar-refractivity contribution in [2.45, 2.75) is 13.0 Å². The second kappa shape index (κ2) is 8.43. The van der Waals surface area contributed by atoms with Gasteiger partial charge < -0.3 is 5.32 Å². The quantitative estimate of drug-likeness (QED) is 0.436. The molecule has 2 aromatic heterocycles. The lowest BCUT2D eigenvalue weighted by molar-refractivity contribution is 0.0941. The number of nitrogens with zero attached hydrogens (tertiary/aromatic N) is 4. The largest absolute Gasteiger partial charge is 0.345 e. The van der Waals surface area contributed by atoms with E-state index < -0.39 is 0 Å². The normalized spacial score (nSPS) is 11.9. The van der Waals surface area contributed by atoms with Gasteiger partial charge in [-0.2, -0.15) is 5.10 Å². The van der Waals surface area contributed by atoms with E-state index in [1.807, 2.05) is 91.9 Å². The molecule has 0 aliphatic heterocycles. The Bertz CT molecular complexity index is 1360. The van der Waals surface area contributed by atoms with Gasteiger partial charge in [-0.05, 0) is 36.8 Å². The zero-order valence-corrected chi connectivity index (χ0v) is 17.5. The van der Waals surface area contributed by atoms with E-state index in [9.17, 15) is 4.79 Å². The van der Waals surface area contributed by atoms with E-state index >= 15 is 0 Å². The van der Waals surface area contributed by atoms with Crippen LogP contribution in [0.25, 0.3) is 27.8 Å². The summed E-state index contributed by atoms with van der Waals surface area (Å²) in [5, 5.41) is 8.11. The molecule has 0 spiro atoms. The molecule has 1 N–H and O–H groups in total. The number of hydrogen-bond donors (Lipinski definition) is 1. The molecule has 0 bridgehead atoms. The smallest absolute Gasteiger partial charge is 0.252 e. The minimum atomic E-state index is -0.167. The molecule has 6 nitrogen and oxygen atoms in total. The average molecular weight is 419 g/mol. The third-order valence-electron chi connectivity index (χ3n) is 5.45. The molecular formula is C26H21N5O. The fourth-order valence-corrected chi connectivity index (χ4v) is 3.74. The van der Waals surface area contributed by atoms with Gasteiger partial charge in [0.05, 0.1) is 28.5 Å². The summed E-state index contributed by atoms with van der Waals surface area (Å²) in [4.78, 5) is 22.1. The molecule has 0 saturated heterocycles. The van der Waals surface area contributed by atoms with Gasteiger partial charge in [-0.15, -0.1) is 0 Å². The number of aromatic nitrogens is 4. The highest BCUT2D eigenvalue weighted by Crippen LogP contribution is 2.25. The van der Waals surface area contributed by atoms with E-state index in [2.05, 4.69) is 15.4 Å². The Morgan fingerprint density at radius 2 is 1.69 bits per heavy atom. The number of para-hydroxylation sites is 1. The van der Waals surface area contributed by atoms with Crippen molar-refractivity contribution < 1.29 is 4.79 Å². The van der Waals surface area contributed by atoms with Crippen LogP contribution >= 0.6 is 0 Å². The lowest BCUT2D eigenvalue weighted by Gasteiger charge is -2.16. The van der Waals surface area contributed by atoms with Crippen molar-refractivity contribution in [3.8, 4) is 16.9 Å². The monoisotopic (exact) mass is 419 g/mol. The van der Waals surface area contributed by atoms with Gasteiger partial charge in [0.15, 0.2) is 0 Å². The molecule has 1 unspecified atom stereocenters. The minimum Gasteiger partial charge on any atom is -0.345 e. The number of amides is 1. The number of rotatable bonds is 5. The number of carbonyl (C=O) groups excluding carboxylic acids is 1. The molecule has 5 rings (SSSR count). The van der Waals surface area contributed by atoms with Gasteiger partial charge in [0.25, 0.3) is 5.91 Å². The Morgan fingerprint density at radius 1 is 0.938 bits per heavy atom. The van der Waals surface area contributed by atoms with Crippen molar-refractivity contribution in [1.29, 1.82) is 0 Å². The molecule has 1 atom stereocenters. The van der Waals surface area contributed by atoms with Crippen LogP contribution in [-0.4, -0.2) is 25.7 Å². The summed E-state index contributed by atoms with van der Waals surface area (Å²) < 4.78 is 1.70. The molecule has 5 aromatic rings. The second-order valence-corrected chi connectivity index (χ2v) is 7.56. The summed E-state index contributed by atoms with van der Waals surface area (Å²) in [6.45, 7) is 1.98. The van der Waals surface area contributed by atoms with Crippen LogP contribution in [0.4, 0.5) is 0 Å². The zero-order chi connectivity index (χ0) is 21.9. The van der Waals surface area contributed by atoms with Crippen molar-refractivity contribution in [2.75, 3.05) is 0 Å². The molecule has 0 fully saturated rings. The van der Waals surface area contributed by atoms with E-state index in [1.54, 1.807) is 11.0 Å². The number of benzene rings is 3. The fraction of sp³-hybridized carbons (Fsp3) is 0.0769. The van der Waals surface area contributed by atoms with E-state index in [0.717, 1.165) is 33.4 Å². The van der Waals surface area contributed by atoms with Crippen LogP contribution in [0.5, 0.6) is 0 Å². The van der Waals surface area contributed by atoms with Crippen molar-refractivity contribution in [1.82, 2.24) is 25.1 Å². The first-order valence-corrected chi connectivity index (χ1v) is 10.4. The van der Waals surface area contributed by atoms with Crippen LogP contribution in [-0.2, 0) is 0 Å². The molecule has 0 radical (unpaired) electrons. The van der Waals surface area contributed by atoms with Crippen LogP contribution in [0, 0.1) is 0 Å². The topological polar surface area (TPSA) is 72.7 Å². The molecular weight excluding hydrogens is 398 g/mol. The highest BCUT2D eigenvalue weighted by molar-refractivity contribution is 6.07. The van der Waals surface area contributed by atoms with Crippen LogP contribution in [0.15, 0.2) is 97.6 Å². The van der Waals surface area contributed by atoms with Crippen molar-refractivity contribution in [3.05, 3.63) is 109 Å². The Morgan fingerprint density at radius 3 is 2.44 bits per heavy atom. The summed E-state index contributed by atoms with van der Waals surface area (Å²) >= 11 is 0. The first kappa shape index (κ1) is 19.6. The van der Waals surface area contributed by atoms with Crippen molar-refractivity contribution in [2.24, 2.45) is 0 Å². The fourth-order valence-electron chi connectivity index (χ4n) is 3.74. The second-order valence-electron chi connectivity index (χ2n) is 7.56. The maximum absolute atomic E-state index is 13.3. The maximum Gasteiger partial charge on any atom is 0.252 e. The summed E-state index contributed by atoms with van der Waals surface area (Å²) in [5.74, 6) is -0.131. The average Bonchev–Trinajstić information content (AvgIpc) is 3.39. The third-order valence-corrected chi connectivity index (χ3v) is 5.45. The SMILES string of the molecule is CC(NC(=O)c1cc(-c2ccccc2)nc2ccccc12)c1ccc(-n2cncn2)cc1. The Labute approximate surface area is 185 Å². The molecule has 32 heavy (non-hydrogen) atoms. The number of fused-ring (bicyclic) bond motifs is 1. The van der Waals surface area contributed by atoms with E-state index in [1.165, 1.54) is 6.33 Å². The highest BCUT2D eigenvalue weighted by atomic mass is 16.1. The molecule has 0 aliphatic carbocycles. The van der Waals surface area contributed by atoms with Gasteiger partial charge in [0.1, 0.15) is 12.7 Å². The van der Waals surface area contributed by atoms with Crippen molar-refractivity contribution in [3.63, 3.8) is 0 Å². The van der Waals surface area contributed by atoms with Gasteiger partial charge in [-0.3, -0.25) is 4.79 Å².